The predicted octanol–water partition coefficient (Wildman–Crippen LogP) is 4.48. The molecule has 6 heteroatoms. The number of nitrogens with two attached hydrogens (primary N) is 1. The Morgan fingerprint density at radius 2 is 1.68 bits per heavy atom. The van der Waals surface area contributed by atoms with Crippen LogP contribution in [0.2, 0.25) is 15.1 Å². The van der Waals surface area contributed by atoms with Crippen LogP contribution < -0.4 is 11.1 Å². The van der Waals surface area contributed by atoms with Crippen LogP contribution in [0.1, 0.15) is 10.4 Å². The lowest BCUT2D eigenvalue weighted by molar-refractivity contribution is 0.102. The van der Waals surface area contributed by atoms with Crippen LogP contribution in [0, 0.1) is 0 Å². The van der Waals surface area contributed by atoms with E-state index >= 15 is 0 Å². The van der Waals surface area contributed by atoms with Crippen LogP contribution in [0.15, 0.2) is 36.4 Å². The van der Waals surface area contributed by atoms with E-state index in [-0.39, 0.29) is 5.56 Å². The molecule has 0 unspecified atom stereocenters. The molecule has 0 saturated carbocycles. The normalized spacial score (nSPS) is 10.3. The monoisotopic (exact) mass is 314 g/mol. The van der Waals surface area contributed by atoms with Crippen molar-refractivity contribution in [1.82, 2.24) is 0 Å². The third-order valence-electron chi connectivity index (χ3n) is 2.41. The molecular weight excluding hydrogens is 307 g/mol. The minimum Gasteiger partial charge on any atom is -0.399 e. The molecule has 0 bridgehead atoms. The van der Waals surface area contributed by atoms with Crippen LogP contribution >= 0.6 is 34.8 Å². The summed E-state index contributed by atoms with van der Waals surface area (Å²) in [5.74, 6) is -0.403. The predicted molar refractivity (Wildman–Crippen MR) is 80.3 cm³/mol. The Bertz CT molecular complexity index is 644. The van der Waals surface area contributed by atoms with Crippen molar-refractivity contribution in [3.63, 3.8) is 0 Å². The van der Waals surface area contributed by atoms with E-state index in [9.17, 15) is 4.79 Å². The van der Waals surface area contributed by atoms with Crippen molar-refractivity contribution in [2.45, 2.75) is 0 Å². The Labute approximate surface area is 125 Å². The number of amides is 1. The van der Waals surface area contributed by atoms with E-state index in [2.05, 4.69) is 5.32 Å². The number of hydrogen-bond donors (Lipinski definition) is 2. The van der Waals surface area contributed by atoms with Crippen molar-refractivity contribution in [2.24, 2.45) is 0 Å². The van der Waals surface area contributed by atoms with Gasteiger partial charge in [-0.1, -0.05) is 34.8 Å². The van der Waals surface area contributed by atoms with Crippen LogP contribution in [-0.2, 0) is 0 Å². The number of benzene rings is 2. The molecule has 3 nitrogen and oxygen atoms in total. The van der Waals surface area contributed by atoms with Crippen molar-refractivity contribution in [2.75, 3.05) is 11.1 Å². The van der Waals surface area contributed by atoms with Gasteiger partial charge in [-0.2, -0.15) is 0 Å². The number of rotatable bonds is 2. The van der Waals surface area contributed by atoms with E-state index in [1.54, 1.807) is 30.3 Å². The minimum absolute atomic E-state index is 0.271. The van der Waals surface area contributed by atoms with Gasteiger partial charge in [-0.25, -0.2) is 0 Å². The smallest absolute Gasteiger partial charge is 0.257 e. The lowest BCUT2D eigenvalue weighted by Crippen LogP contribution is -2.13. The summed E-state index contributed by atoms with van der Waals surface area (Å²) in [5.41, 5.74) is 6.83. The largest absolute Gasteiger partial charge is 0.399 e. The van der Waals surface area contributed by atoms with Crippen LogP contribution in [0.5, 0.6) is 0 Å². The highest BCUT2D eigenvalue weighted by molar-refractivity contribution is 6.37. The number of hydrogen-bond acceptors (Lipinski definition) is 2. The third kappa shape index (κ3) is 3.32. The minimum atomic E-state index is -0.403. The third-order valence-corrected chi connectivity index (χ3v) is 3.31. The zero-order valence-corrected chi connectivity index (χ0v) is 11.9. The molecule has 19 heavy (non-hydrogen) atoms. The molecule has 0 aromatic heterocycles. The average Bonchev–Trinajstić information content (AvgIpc) is 2.36. The fourth-order valence-corrected chi connectivity index (χ4v) is 2.04. The molecule has 0 aliphatic heterocycles. The molecule has 0 atom stereocenters. The van der Waals surface area contributed by atoms with Gasteiger partial charge in [0, 0.05) is 10.7 Å². The van der Waals surface area contributed by atoms with E-state index < -0.39 is 5.91 Å². The lowest BCUT2D eigenvalue weighted by atomic mass is 10.2. The summed E-state index contributed by atoms with van der Waals surface area (Å²) in [6.45, 7) is 0. The second-order valence-corrected chi connectivity index (χ2v) is 5.07. The van der Waals surface area contributed by atoms with Gasteiger partial charge in [0.05, 0.1) is 21.3 Å². The Morgan fingerprint density at radius 1 is 1.00 bits per heavy atom. The van der Waals surface area contributed by atoms with Crippen molar-refractivity contribution < 1.29 is 4.79 Å². The zero-order chi connectivity index (χ0) is 14.0. The van der Waals surface area contributed by atoms with Gasteiger partial charge in [0.25, 0.3) is 5.91 Å². The summed E-state index contributed by atoms with van der Waals surface area (Å²) >= 11 is 17.8. The first-order chi connectivity index (χ1) is 8.97. The van der Waals surface area contributed by atoms with Gasteiger partial charge in [0.1, 0.15) is 0 Å². The Balaban J connectivity index is 2.30. The van der Waals surface area contributed by atoms with E-state index in [1.165, 1.54) is 6.07 Å². The molecule has 0 heterocycles. The lowest BCUT2D eigenvalue weighted by Gasteiger charge is -2.09. The molecule has 1 amide bonds. The summed E-state index contributed by atoms with van der Waals surface area (Å²) in [6, 6.07) is 9.46. The SMILES string of the molecule is Nc1ccc(Cl)c(NC(=O)c2cc(Cl)ccc2Cl)c1. The molecular formula is C13H9Cl3N2O. The molecule has 98 valence electrons. The summed E-state index contributed by atoms with van der Waals surface area (Å²) in [6.07, 6.45) is 0. The summed E-state index contributed by atoms with van der Waals surface area (Å²) < 4.78 is 0. The second-order valence-electron chi connectivity index (χ2n) is 3.82. The topological polar surface area (TPSA) is 55.1 Å². The maximum absolute atomic E-state index is 12.1. The van der Waals surface area contributed by atoms with Crippen LogP contribution in [0.3, 0.4) is 0 Å². The molecule has 0 aliphatic carbocycles. The van der Waals surface area contributed by atoms with E-state index in [0.717, 1.165) is 0 Å². The Kier molecular flexibility index (Phi) is 4.20. The van der Waals surface area contributed by atoms with Gasteiger partial charge in [-0.15, -0.1) is 0 Å². The van der Waals surface area contributed by atoms with Crippen LogP contribution in [0.4, 0.5) is 11.4 Å². The molecule has 0 aliphatic rings. The fraction of sp³-hybridized carbons (Fsp3) is 0. The highest BCUT2D eigenvalue weighted by Crippen LogP contribution is 2.26. The first-order valence-electron chi connectivity index (χ1n) is 5.29. The van der Waals surface area contributed by atoms with E-state index in [0.29, 0.717) is 26.4 Å². The van der Waals surface area contributed by atoms with Gasteiger partial charge < -0.3 is 11.1 Å². The molecule has 0 spiro atoms. The van der Waals surface area contributed by atoms with Gasteiger partial charge in [-0.3, -0.25) is 4.79 Å². The average molecular weight is 316 g/mol. The molecule has 3 N–H and O–H groups in total. The molecule has 2 aromatic carbocycles. The second kappa shape index (κ2) is 5.70. The molecule has 2 aromatic rings. The first kappa shape index (κ1) is 14.0. The zero-order valence-electron chi connectivity index (χ0n) is 9.58. The molecule has 2 rings (SSSR count). The summed E-state index contributed by atoms with van der Waals surface area (Å²) in [5, 5.41) is 3.76. The van der Waals surface area contributed by atoms with Crippen molar-refractivity contribution in [1.29, 1.82) is 0 Å². The van der Waals surface area contributed by atoms with Gasteiger partial charge in [0.15, 0.2) is 0 Å². The standard InChI is InChI=1S/C13H9Cl3N2O/c14-7-1-3-10(15)9(5-7)13(19)18-12-6-8(17)2-4-11(12)16/h1-6H,17H2,(H,18,19). The van der Waals surface area contributed by atoms with E-state index in [1.807, 2.05) is 0 Å². The quantitative estimate of drug-likeness (QED) is 0.803. The first-order valence-corrected chi connectivity index (χ1v) is 6.42. The fourth-order valence-electron chi connectivity index (χ4n) is 1.50. The van der Waals surface area contributed by atoms with Gasteiger partial charge in [-0.05, 0) is 36.4 Å². The van der Waals surface area contributed by atoms with Crippen molar-refractivity contribution in [3.05, 3.63) is 57.0 Å². The van der Waals surface area contributed by atoms with Crippen LogP contribution in [-0.4, -0.2) is 5.91 Å². The molecule has 0 saturated heterocycles. The number of nitrogen functional groups attached to an aromatic ring is 1. The Morgan fingerprint density at radius 3 is 2.42 bits per heavy atom. The van der Waals surface area contributed by atoms with Gasteiger partial charge in [0.2, 0.25) is 0 Å². The number of carbonyl (C=O) groups excluding carboxylic acids is 1. The maximum Gasteiger partial charge on any atom is 0.257 e. The number of halogens is 3. The number of anilines is 2. The number of carbonyl (C=O) groups is 1. The highest BCUT2D eigenvalue weighted by atomic mass is 35.5. The molecule has 0 radical (unpaired) electrons. The molecule has 0 fully saturated rings. The van der Waals surface area contributed by atoms with Gasteiger partial charge >= 0.3 is 0 Å². The highest BCUT2D eigenvalue weighted by Gasteiger charge is 2.13. The summed E-state index contributed by atoms with van der Waals surface area (Å²) in [7, 11) is 0. The Hall–Kier alpha value is -1.42. The van der Waals surface area contributed by atoms with Crippen molar-refractivity contribution in [3.8, 4) is 0 Å². The number of nitrogens with one attached hydrogen (secondary N) is 1. The van der Waals surface area contributed by atoms with Crippen LogP contribution in [0.25, 0.3) is 0 Å². The van der Waals surface area contributed by atoms with E-state index in [4.69, 9.17) is 40.5 Å². The van der Waals surface area contributed by atoms with Crippen molar-refractivity contribution >= 4 is 52.1 Å². The summed E-state index contributed by atoms with van der Waals surface area (Å²) in [4.78, 5) is 12.1. The maximum atomic E-state index is 12.1.